The molecule has 0 aliphatic rings. The summed E-state index contributed by atoms with van der Waals surface area (Å²) in [6, 6.07) is 8.02. The van der Waals surface area contributed by atoms with Crippen LogP contribution in [0.15, 0.2) is 34.1 Å². The first-order valence-corrected chi connectivity index (χ1v) is 9.86. The molecule has 1 aromatic carbocycles. The van der Waals surface area contributed by atoms with Crippen LogP contribution in [0.5, 0.6) is 0 Å². The van der Waals surface area contributed by atoms with Gasteiger partial charge in [-0.2, -0.15) is 0 Å². The van der Waals surface area contributed by atoms with Gasteiger partial charge in [0, 0.05) is 35.1 Å². The van der Waals surface area contributed by atoms with Crippen LogP contribution in [0.25, 0.3) is 10.6 Å². The van der Waals surface area contributed by atoms with Crippen molar-refractivity contribution in [2.75, 3.05) is 19.3 Å². The number of halogens is 1. The SMILES string of the molecule is CS(=O)(=O)NCCNCc1csc(-c2cccc(Br)c2)n1. The summed E-state index contributed by atoms with van der Waals surface area (Å²) in [5.74, 6) is 0. The van der Waals surface area contributed by atoms with Crippen molar-refractivity contribution in [3.63, 3.8) is 0 Å². The zero-order chi connectivity index (χ0) is 15.3. The van der Waals surface area contributed by atoms with Gasteiger partial charge in [0.2, 0.25) is 10.0 Å². The molecule has 0 saturated heterocycles. The molecule has 0 fully saturated rings. The van der Waals surface area contributed by atoms with Crippen LogP contribution in [0.1, 0.15) is 5.69 Å². The van der Waals surface area contributed by atoms with Gasteiger partial charge in [0.25, 0.3) is 0 Å². The Morgan fingerprint density at radius 1 is 1.33 bits per heavy atom. The number of nitrogens with zero attached hydrogens (tertiary/aromatic N) is 1. The lowest BCUT2D eigenvalue weighted by atomic mass is 10.2. The third kappa shape index (κ3) is 5.84. The Labute approximate surface area is 137 Å². The largest absolute Gasteiger partial charge is 0.310 e. The highest BCUT2D eigenvalue weighted by Gasteiger charge is 2.05. The Morgan fingerprint density at radius 3 is 2.86 bits per heavy atom. The zero-order valence-electron chi connectivity index (χ0n) is 11.5. The number of sulfonamides is 1. The second-order valence-electron chi connectivity index (χ2n) is 4.50. The van der Waals surface area contributed by atoms with Crippen LogP contribution in [-0.4, -0.2) is 32.7 Å². The van der Waals surface area contributed by atoms with E-state index in [1.165, 1.54) is 0 Å². The molecular weight excluding hydrogens is 374 g/mol. The number of thiazole rings is 1. The van der Waals surface area contributed by atoms with E-state index in [9.17, 15) is 8.42 Å². The van der Waals surface area contributed by atoms with Gasteiger partial charge in [0.1, 0.15) is 5.01 Å². The molecule has 0 aliphatic carbocycles. The van der Waals surface area contributed by atoms with E-state index in [4.69, 9.17) is 0 Å². The average Bonchev–Trinajstić information content (AvgIpc) is 2.86. The second kappa shape index (κ2) is 7.46. The normalized spacial score (nSPS) is 11.7. The number of aromatic nitrogens is 1. The van der Waals surface area contributed by atoms with Crippen molar-refractivity contribution in [2.24, 2.45) is 0 Å². The highest BCUT2D eigenvalue weighted by atomic mass is 79.9. The van der Waals surface area contributed by atoms with E-state index in [0.717, 1.165) is 27.0 Å². The molecule has 114 valence electrons. The van der Waals surface area contributed by atoms with E-state index in [1.54, 1.807) is 11.3 Å². The maximum absolute atomic E-state index is 10.9. The third-order valence-electron chi connectivity index (χ3n) is 2.60. The van der Waals surface area contributed by atoms with E-state index in [2.05, 4.69) is 31.0 Å². The molecule has 2 aromatic rings. The molecule has 8 heteroatoms. The maximum Gasteiger partial charge on any atom is 0.208 e. The van der Waals surface area contributed by atoms with Gasteiger partial charge >= 0.3 is 0 Å². The van der Waals surface area contributed by atoms with Gasteiger partial charge in [-0.3, -0.25) is 0 Å². The standard InChI is InChI=1S/C13H16BrN3O2S2/c1-21(18,19)16-6-5-15-8-12-9-20-13(17-12)10-3-2-4-11(14)7-10/h2-4,7,9,15-16H,5-6,8H2,1H3. The average molecular weight is 390 g/mol. The van der Waals surface area contributed by atoms with Crippen LogP contribution in [0.2, 0.25) is 0 Å². The van der Waals surface area contributed by atoms with E-state index in [0.29, 0.717) is 19.6 Å². The Kier molecular flexibility index (Phi) is 5.88. The van der Waals surface area contributed by atoms with Crippen molar-refractivity contribution < 1.29 is 8.42 Å². The minimum Gasteiger partial charge on any atom is -0.310 e. The summed E-state index contributed by atoms with van der Waals surface area (Å²) in [4.78, 5) is 4.56. The molecule has 1 aromatic heterocycles. The highest BCUT2D eigenvalue weighted by Crippen LogP contribution is 2.26. The molecule has 0 saturated carbocycles. The molecule has 2 N–H and O–H groups in total. The molecule has 0 unspecified atom stereocenters. The molecule has 0 spiro atoms. The van der Waals surface area contributed by atoms with E-state index in [1.807, 2.05) is 29.6 Å². The van der Waals surface area contributed by atoms with E-state index >= 15 is 0 Å². The predicted molar refractivity (Wildman–Crippen MR) is 89.8 cm³/mol. The van der Waals surface area contributed by atoms with Crippen LogP contribution in [0.4, 0.5) is 0 Å². The smallest absolute Gasteiger partial charge is 0.208 e. The van der Waals surface area contributed by atoms with E-state index < -0.39 is 10.0 Å². The minimum atomic E-state index is -3.11. The number of benzene rings is 1. The third-order valence-corrected chi connectivity index (χ3v) is 4.76. The Morgan fingerprint density at radius 2 is 2.14 bits per heavy atom. The molecule has 2 rings (SSSR count). The molecular formula is C13H16BrN3O2S2. The molecule has 0 radical (unpaired) electrons. The molecule has 5 nitrogen and oxygen atoms in total. The Balaban J connectivity index is 1.84. The monoisotopic (exact) mass is 389 g/mol. The Bertz CT molecular complexity index is 701. The summed E-state index contributed by atoms with van der Waals surface area (Å²) in [5, 5.41) is 6.14. The fourth-order valence-electron chi connectivity index (χ4n) is 1.68. The topological polar surface area (TPSA) is 71.1 Å². The quantitative estimate of drug-likeness (QED) is 0.712. The van der Waals surface area contributed by atoms with Crippen molar-refractivity contribution in [1.29, 1.82) is 0 Å². The first-order chi connectivity index (χ1) is 9.94. The number of hydrogen-bond donors (Lipinski definition) is 2. The van der Waals surface area contributed by atoms with Crippen molar-refractivity contribution >= 4 is 37.3 Å². The maximum atomic E-state index is 10.9. The fraction of sp³-hybridized carbons (Fsp3) is 0.308. The summed E-state index contributed by atoms with van der Waals surface area (Å²) in [6.07, 6.45) is 1.15. The van der Waals surface area contributed by atoms with Crippen molar-refractivity contribution in [2.45, 2.75) is 6.54 Å². The lowest BCUT2D eigenvalue weighted by Crippen LogP contribution is -2.30. The lowest BCUT2D eigenvalue weighted by Gasteiger charge is -2.03. The van der Waals surface area contributed by atoms with Gasteiger partial charge in [-0.25, -0.2) is 18.1 Å². The Hall–Kier alpha value is -0.800. The molecule has 1 heterocycles. The van der Waals surface area contributed by atoms with Gasteiger partial charge in [0.05, 0.1) is 11.9 Å². The van der Waals surface area contributed by atoms with Crippen LogP contribution in [-0.2, 0) is 16.6 Å². The van der Waals surface area contributed by atoms with Gasteiger partial charge in [-0.15, -0.1) is 11.3 Å². The van der Waals surface area contributed by atoms with Crippen LogP contribution < -0.4 is 10.0 Å². The summed E-state index contributed by atoms with van der Waals surface area (Å²) < 4.78 is 25.3. The summed E-state index contributed by atoms with van der Waals surface area (Å²) >= 11 is 5.05. The van der Waals surface area contributed by atoms with Gasteiger partial charge < -0.3 is 5.32 Å². The highest BCUT2D eigenvalue weighted by molar-refractivity contribution is 9.10. The van der Waals surface area contributed by atoms with Gasteiger partial charge in [0.15, 0.2) is 0 Å². The zero-order valence-corrected chi connectivity index (χ0v) is 14.7. The summed E-state index contributed by atoms with van der Waals surface area (Å²) in [6.45, 7) is 1.56. The van der Waals surface area contributed by atoms with Crippen LogP contribution in [0, 0.1) is 0 Å². The van der Waals surface area contributed by atoms with Crippen molar-refractivity contribution in [3.05, 3.63) is 39.8 Å². The van der Waals surface area contributed by atoms with Crippen molar-refractivity contribution in [3.8, 4) is 10.6 Å². The predicted octanol–water partition coefficient (Wildman–Crippen LogP) is 2.21. The molecule has 0 bridgehead atoms. The van der Waals surface area contributed by atoms with Crippen molar-refractivity contribution in [1.82, 2.24) is 15.0 Å². The molecule has 0 atom stereocenters. The van der Waals surface area contributed by atoms with Gasteiger partial charge in [-0.1, -0.05) is 28.1 Å². The second-order valence-corrected chi connectivity index (χ2v) is 8.10. The summed E-state index contributed by atoms with van der Waals surface area (Å²) in [7, 11) is -3.11. The minimum absolute atomic E-state index is 0.376. The number of rotatable bonds is 7. The molecule has 0 aliphatic heterocycles. The fourth-order valence-corrected chi connectivity index (χ4v) is 3.37. The van der Waals surface area contributed by atoms with E-state index in [-0.39, 0.29) is 0 Å². The van der Waals surface area contributed by atoms with Crippen LogP contribution >= 0.6 is 27.3 Å². The first-order valence-electron chi connectivity index (χ1n) is 6.30. The van der Waals surface area contributed by atoms with Crippen LogP contribution in [0.3, 0.4) is 0 Å². The lowest BCUT2D eigenvalue weighted by molar-refractivity contribution is 0.581. The molecule has 0 amide bonds. The first kappa shape index (κ1) is 16.6. The summed E-state index contributed by atoms with van der Waals surface area (Å²) in [5.41, 5.74) is 2.04. The van der Waals surface area contributed by atoms with Gasteiger partial charge in [-0.05, 0) is 12.1 Å². The number of hydrogen-bond acceptors (Lipinski definition) is 5. The number of nitrogens with one attached hydrogen (secondary N) is 2. The molecule has 21 heavy (non-hydrogen) atoms.